The third-order valence-corrected chi connectivity index (χ3v) is 11.6. The normalized spacial score (nSPS) is 11.7. The topological polar surface area (TPSA) is 43.1 Å². The van der Waals surface area contributed by atoms with Crippen LogP contribution in [0.2, 0.25) is 0 Å². The number of aromatic nitrogens is 4. The molecule has 4 nitrogen and oxygen atoms in total. The Morgan fingerprint density at radius 3 is 1.65 bits per heavy atom. The third kappa shape index (κ3) is 5.01. The lowest BCUT2D eigenvalue weighted by Crippen LogP contribution is -1.96. The molecule has 252 valence electrons. The van der Waals surface area contributed by atoms with Gasteiger partial charge in [0.05, 0.1) is 32.6 Å². The predicted octanol–water partition coefficient (Wildman–Crippen LogP) is 13.1. The van der Waals surface area contributed by atoms with Gasteiger partial charge < -0.3 is 0 Å². The highest BCUT2D eigenvalue weighted by Crippen LogP contribution is 2.43. The van der Waals surface area contributed by atoms with Crippen LogP contribution in [-0.4, -0.2) is 19.4 Å². The van der Waals surface area contributed by atoms with Gasteiger partial charge in [0.15, 0.2) is 5.82 Å². The fourth-order valence-corrected chi connectivity index (χ4v) is 8.99. The van der Waals surface area contributed by atoms with E-state index in [1.54, 1.807) is 0 Å². The molecule has 0 bridgehead atoms. The lowest BCUT2D eigenvalue weighted by molar-refractivity contribution is 1.18. The maximum atomic E-state index is 5.13. The summed E-state index contributed by atoms with van der Waals surface area (Å²) in [7, 11) is 0. The van der Waals surface area contributed by atoms with Crippen molar-refractivity contribution in [2.24, 2.45) is 0 Å². The molecular formula is C49H30N4S. The van der Waals surface area contributed by atoms with Crippen LogP contribution in [-0.2, 0) is 0 Å². The van der Waals surface area contributed by atoms with E-state index < -0.39 is 0 Å². The van der Waals surface area contributed by atoms with Crippen molar-refractivity contribution in [2.75, 3.05) is 0 Å². The average Bonchev–Trinajstić information content (AvgIpc) is 3.83. The molecule has 0 aliphatic rings. The van der Waals surface area contributed by atoms with Gasteiger partial charge in [0, 0.05) is 37.5 Å². The van der Waals surface area contributed by atoms with Gasteiger partial charge in [-0.2, -0.15) is 0 Å². The summed E-state index contributed by atoms with van der Waals surface area (Å²) in [5, 5.41) is 3.66. The van der Waals surface area contributed by atoms with E-state index in [-0.39, 0.29) is 0 Å². The Balaban J connectivity index is 1.04. The predicted molar refractivity (Wildman–Crippen MR) is 226 cm³/mol. The number of benzene rings is 7. The van der Waals surface area contributed by atoms with Crippen LogP contribution < -0.4 is 0 Å². The Hall–Kier alpha value is -6.95. The Kier molecular flexibility index (Phi) is 7.00. The molecule has 0 saturated heterocycles. The highest BCUT2D eigenvalue weighted by Gasteiger charge is 2.18. The van der Waals surface area contributed by atoms with Crippen LogP contribution >= 0.6 is 11.3 Å². The second-order valence-electron chi connectivity index (χ2n) is 13.7. The van der Waals surface area contributed by atoms with Gasteiger partial charge in [0.2, 0.25) is 0 Å². The summed E-state index contributed by atoms with van der Waals surface area (Å²) < 4.78 is 4.92. The van der Waals surface area contributed by atoms with Crippen molar-refractivity contribution in [2.45, 2.75) is 0 Å². The number of fused-ring (bicyclic) bond motifs is 10. The molecule has 4 heterocycles. The first-order valence-corrected chi connectivity index (χ1v) is 18.9. The molecule has 0 atom stereocenters. The van der Waals surface area contributed by atoms with E-state index in [4.69, 9.17) is 15.0 Å². The molecule has 54 heavy (non-hydrogen) atoms. The molecular weight excluding hydrogens is 677 g/mol. The maximum absolute atomic E-state index is 5.13. The maximum Gasteiger partial charge on any atom is 0.160 e. The molecule has 0 aliphatic heterocycles. The summed E-state index contributed by atoms with van der Waals surface area (Å²) in [6, 6.07) is 64.2. The number of hydrogen-bond donors (Lipinski definition) is 0. The molecule has 11 aromatic rings. The van der Waals surface area contributed by atoms with Crippen molar-refractivity contribution in [1.29, 1.82) is 0 Å². The number of imidazole rings is 1. The largest absolute Gasteiger partial charge is 0.290 e. The van der Waals surface area contributed by atoms with Gasteiger partial charge >= 0.3 is 0 Å². The van der Waals surface area contributed by atoms with Crippen LogP contribution in [0.5, 0.6) is 0 Å². The number of para-hydroxylation sites is 2. The van der Waals surface area contributed by atoms with Crippen LogP contribution in [0.4, 0.5) is 0 Å². The summed E-state index contributed by atoms with van der Waals surface area (Å²) in [4.78, 5) is 15.3. The summed E-state index contributed by atoms with van der Waals surface area (Å²) in [5.41, 5.74) is 13.9. The molecule has 0 aliphatic carbocycles. The Morgan fingerprint density at radius 2 is 0.944 bits per heavy atom. The quantitative estimate of drug-likeness (QED) is 0.179. The summed E-state index contributed by atoms with van der Waals surface area (Å²) in [5.74, 6) is 0.703. The summed E-state index contributed by atoms with van der Waals surface area (Å²) in [6.45, 7) is 0. The first kappa shape index (κ1) is 30.7. The number of nitrogens with zero attached hydrogens (tertiary/aromatic N) is 4. The van der Waals surface area contributed by atoms with Crippen molar-refractivity contribution >= 4 is 59.1 Å². The van der Waals surface area contributed by atoms with E-state index in [0.717, 1.165) is 55.9 Å². The molecule has 0 amide bonds. The van der Waals surface area contributed by atoms with Crippen LogP contribution in [0.15, 0.2) is 182 Å². The first-order valence-electron chi connectivity index (χ1n) is 18.1. The van der Waals surface area contributed by atoms with E-state index in [0.29, 0.717) is 5.82 Å². The van der Waals surface area contributed by atoms with Gasteiger partial charge in [0.25, 0.3) is 0 Å². The standard InChI is InChI=1S/C49H30N4S/c1-3-13-31(14-4-1)42-30-43(32-15-5-2-6-16-32)51-48(50-42)37-20-12-19-35(28-37)33-17-11-18-34(27-33)36-25-26-45-40(29-36)46-47(54-45)38-21-7-8-22-39(38)49-52-41-23-9-10-24-44(41)53(46)49/h1-30H. The van der Waals surface area contributed by atoms with Crippen LogP contribution in [0.1, 0.15) is 0 Å². The van der Waals surface area contributed by atoms with E-state index in [9.17, 15) is 0 Å². The minimum absolute atomic E-state index is 0.703. The molecule has 0 saturated carbocycles. The SMILES string of the molecule is c1ccc(-c2cc(-c3ccccc3)nc(-c3cccc(-c4cccc(-c5ccc6sc7c8ccccc8c8nc9ccccc9n8c7c6c5)c4)c3)n2)cc1. The second-order valence-corrected chi connectivity index (χ2v) is 14.7. The van der Waals surface area contributed by atoms with Crippen molar-refractivity contribution in [1.82, 2.24) is 19.4 Å². The zero-order valence-electron chi connectivity index (χ0n) is 29.0. The van der Waals surface area contributed by atoms with Crippen molar-refractivity contribution in [3.05, 3.63) is 182 Å². The average molecular weight is 707 g/mol. The lowest BCUT2D eigenvalue weighted by atomic mass is 9.97. The van der Waals surface area contributed by atoms with Crippen molar-refractivity contribution in [3.8, 4) is 56.2 Å². The zero-order chi connectivity index (χ0) is 35.6. The third-order valence-electron chi connectivity index (χ3n) is 10.4. The van der Waals surface area contributed by atoms with Gasteiger partial charge in [-0.15, -0.1) is 11.3 Å². The van der Waals surface area contributed by atoms with Gasteiger partial charge in [-0.3, -0.25) is 4.40 Å². The highest BCUT2D eigenvalue weighted by atomic mass is 32.1. The van der Waals surface area contributed by atoms with Gasteiger partial charge in [-0.1, -0.05) is 140 Å². The van der Waals surface area contributed by atoms with Gasteiger partial charge in [-0.05, 0) is 64.7 Å². The molecule has 0 fully saturated rings. The second kappa shape index (κ2) is 12.3. The molecule has 7 aromatic carbocycles. The molecule has 0 radical (unpaired) electrons. The molecule has 0 unspecified atom stereocenters. The lowest BCUT2D eigenvalue weighted by Gasteiger charge is -2.11. The summed E-state index contributed by atoms with van der Waals surface area (Å²) >= 11 is 1.86. The van der Waals surface area contributed by atoms with E-state index in [1.165, 1.54) is 42.2 Å². The molecule has 4 aromatic heterocycles. The van der Waals surface area contributed by atoms with Crippen LogP contribution in [0, 0.1) is 0 Å². The van der Waals surface area contributed by atoms with Gasteiger partial charge in [-0.25, -0.2) is 15.0 Å². The number of hydrogen-bond acceptors (Lipinski definition) is 4. The molecule has 11 rings (SSSR count). The Labute approximate surface area is 315 Å². The Bertz CT molecular complexity index is 3160. The van der Waals surface area contributed by atoms with Crippen LogP contribution in [0.25, 0.3) is 104 Å². The zero-order valence-corrected chi connectivity index (χ0v) is 29.8. The van der Waals surface area contributed by atoms with E-state index in [1.807, 2.05) is 47.7 Å². The number of thiophene rings is 1. The minimum Gasteiger partial charge on any atom is -0.290 e. The first-order chi connectivity index (χ1) is 26.7. The monoisotopic (exact) mass is 706 g/mol. The van der Waals surface area contributed by atoms with Crippen LogP contribution in [0.3, 0.4) is 0 Å². The number of rotatable bonds is 5. The molecule has 0 spiro atoms. The van der Waals surface area contributed by atoms with E-state index >= 15 is 0 Å². The minimum atomic E-state index is 0.703. The summed E-state index contributed by atoms with van der Waals surface area (Å²) in [6.07, 6.45) is 0. The van der Waals surface area contributed by atoms with E-state index in [2.05, 4.69) is 150 Å². The van der Waals surface area contributed by atoms with Gasteiger partial charge in [0.1, 0.15) is 5.65 Å². The molecule has 0 N–H and O–H groups in total. The van der Waals surface area contributed by atoms with Crippen molar-refractivity contribution in [3.63, 3.8) is 0 Å². The fourth-order valence-electron chi connectivity index (χ4n) is 7.78. The fraction of sp³-hybridized carbons (Fsp3) is 0. The smallest absolute Gasteiger partial charge is 0.160 e. The highest BCUT2D eigenvalue weighted by molar-refractivity contribution is 7.26. The number of pyridine rings is 1. The van der Waals surface area contributed by atoms with Crippen molar-refractivity contribution < 1.29 is 0 Å². The molecule has 5 heteroatoms. The Morgan fingerprint density at radius 1 is 0.389 bits per heavy atom.